The van der Waals surface area contributed by atoms with E-state index >= 15 is 0 Å². The molecule has 1 atom stereocenters. The highest BCUT2D eigenvalue weighted by Crippen LogP contribution is 2.28. The summed E-state index contributed by atoms with van der Waals surface area (Å²) in [5.74, 6) is -0.00570. The molecule has 1 amide bonds. The van der Waals surface area contributed by atoms with Crippen molar-refractivity contribution in [3.05, 3.63) is 45.7 Å². The maximum absolute atomic E-state index is 12.8. The molecule has 2 aliphatic heterocycles. The maximum Gasteiger partial charge on any atom is 0.276 e. The van der Waals surface area contributed by atoms with Crippen molar-refractivity contribution in [2.75, 3.05) is 13.1 Å². The summed E-state index contributed by atoms with van der Waals surface area (Å²) in [7, 11) is 0. The quantitative estimate of drug-likeness (QED) is 0.769. The van der Waals surface area contributed by atoms with Crippen LogP contribution in [-0.4, -0.2) is 38.9 Å². The van der Waals surface area contributed by atoms with Gasteiger partial charge in [0.1, 0.15) is 6.10 Å². The molecular formula is C18H21BrN4O2. The van der Waals surface area contributed by atoms with Crippen LogP contribution >= 0.6 is 15.9 Å². The number of likely N-dealkylation sites (tertiary alicyclic amines) is 1. The smallest absolute Gasteiger partial charge is 0.276 e. The Labute approximate surface area is 155 Å². The first-order chi connectivity index (χ1) is 12.2. The summed E-state index contributed by atoms with van der Waals surface area (Å²) in [5, 5.41) is 8.40. The van der Waals surface area contributed by atoms with Crippen LogP contribution in [0.1, 0.15) is 53.5 Å². The third-order valence-electron chi connectivity index (χ3n) is 4.94. The molecule has 0 unspecified atom stereocenters. The molecule has 0 aliphatic carbocycles. The summed E-state index contributed by atoms with van der Waals surface area (Å²) in [6.45, 7) is 2.57. The van der Waals surface area contributed by atoms with E-state index in [4.69, 9.17) is 4.74 Å². The third kappa shape index (κ3) is 3.48. The second kappa shape index (κ2) is 7.25. The molecule has 4 rings (SSSR count). The van der Waals surface area contributed by atoms with E-state index in [1.165, 1.54) is 12.8 Å². The van der Waals surface area contributed by atoms with Crippen molar-refractivity contribution >= 4 is 21.8 Å². The fourth-order valence-electron chi connectivity index (χ4n) is 3.48. The maximum atomic E-state index is 12.8. The molecule has 0 spiro atoms. The Bertz CT molecular complexity index is 751. The molecule has 1 fully saturated rings. The van der Waals surface area contributed by atoms with E-state index in [-0.39, 0.29) is 12.0 Å². The fourth-order valence-corrected chi connectivity index (χ4v) is 3.74. The van der Waals surface area contributed by atoms with Gasteiger partial charge in [0.2, 0.25) is 0 Å². The van der Waals surface area contributed by atoms with Gasteiger partial charge < -0.3 is 9.64 Å². The number of ether oxygens (including phenoxy) is 1. The van der Waals surface area contributed by atoms with Gasteiger partial charge in [-0.25, -0.2) is 4.68 Å². The topological polar surface area (TPSA) is 60.3 Å². The fraction of sp³-hybridized carbons (Fsp3) is 0.500. The molecule has 2 aromatic rings. The van der Waals surface area contributed by atoms with Gasteiger partial charge in [0.25, 0.3) is 5.91 Å². The van der Waals surface area contributed by atoms with Gasteiger partial charge in [-0.3, -0.25) is 4.79 Å². The minimum Gasteiger partial charge on any atom is -0.365 e. The van der Waals surface area contributed by atoms with Crippen LogP contribution in [0.5, 0.6) is 0 Å². The molecule has 2 aliphatic rings. The van der Waals surface area contributed by atoms with Crippen LogP contribution in [-0.2, 0) is 17.9 Å². The van der Waals surface area contributed by atoms with Gasteiger partial charge in [-0.1, -0.05) is 46.1 Å². The Hall–Kier alpha value is -1.73. The zero-order valence-corrected chi connectivity index (χ0v) is 15.6. The number of hydrogen-bond donors (Lipinski definition) is 0. The lowest BCUT2D eigenvalue weighted by Crippen LogP contribution is -2.33. The number of carbonyl (C=O) groups excluding carboxylic acids is 1. The molecule has 0 radical (unpaired) electrons. The Balaban J connectivity index is 1.51. The van der Waals surface area contributed by atoms with E-state index in [9.17, 15) is 4.79 Å². The summed E-state index contributed by atoms with van der Waals surface area (Å²) in [4.78, 5) is 14.7. The standard InChI is InChI=1S/C18H21BrN4O2/c19-14-7-5-13(6-8-14)16-11-23-15(12-25-16)17(20-21-23)18(24)22-9-3-1-2-4-10-22/h5-8,16H,1-4,9-12H2/t16-/m1/s1. The van der Waals surface area contributed by atoms with Crippen molar-refractivity contribution < 1.29 is 9.53 Å². The van der Waals surface area contributed by atoms with Crippen LogP contribution in [0, 0.1) is 0 Å². The molecule has 6 nitrogen and oxygen atoms in total. The second-order valence-electron chi connectivity index (χ2n) is 6.62. The van der Waals surface area contributed by atoms with Crippen LogP contribution in [0.2, 0.25) is 0 Å². The highest BCUT2D eigenvalue weighted by molar-refractivity contribution is 9.10. The first-order valence-corrected chi connectivity index (χ1v) is 9.60. The van der Waals surface area contributed by atoms with E-state index in [1.54, 1.807) is 0 Å². The summed E-state index contributed by atoms with van der Waals surface area (Å²) in [6, 6.07) is 8.09. The van der Waals surface area contributed by atoms with E-state index < -0.39 is 0 Å². The van der Waals surface area contributed by atoms with E-state index in [2.05, 4.69) is 26.2 Å². The molecule has 7 heteroatoms. The van der Waals surface area contributed by atoms with Crippen molar-refractivity contribution in [2.45, 2.75) is 44.9 Å². The summed E-state index contributed by atoms with van der Waals surface area (Å²) in [6.07, 6.45) is 4.46. The van der Waals surface area contributed by atoms with Gasteiger partial charge >= 0.3 is 0 Å². The van der Waals surface area contributed by atoms with Crippen molar-refractivity contribution in [3.63, 3.8) is 0 Å². The number of benzene rings is 1. The van der Waals surface area contributed by atoms with Crippen molar-refractivity contribution in [3.8, 4) is 0 Å². The Morgan fingerprint density at radius 1 is 1.12 bits per heavy atom. The molecule has 25 heavy (non-hydrogen) atoms. The largest absolute Gasteiger partial charge is 0.365 e. The number of fused-ring (bicyclic) bond motifs is 1. The van der Waals surface area contributed by atoms with Crippen LogP contribution in [0.15, 0.2) is 28.7 Å². The molecule has 0 saturated carbocycles. The second-order valence-corrected chi connectivity index (χ2v) is 7.54. The molecule has 132 valence electrons. The Morgan fingerprint density at radius 3 is 2.56 bits per heavy atom. The minimum absolute atomic E-state index is 0.00570. The highest BCUT2D eigenvalue weighted by atomic mass is 79.9. The lowest BCUT2D eigenvalue weighted by molar-refractivity contribution is -0.00195. The van der Waals surface area contributed by atoms with Crippen molar-refractivity contribution in [1.82, 2.24) is 19.9 Å². The van der Waals surface area contributed by atoms with Crippen LogP contribution in [0.4, 0.5) is 0 Å². The monoisotopic (exact) mass is 404 g/mol. The lowest BCUT2D eigenvalue weighted by atomic mass is 10.1. The molecular weight excluding hydrogens is 384 g/mol. The predicted octanol–water partition coefficient (Wildman–Crippen LogP) is 3.33. The molecule has 1 saturated heterocycles. The van der Waals surface area contributed by atoms with E-state index in [0.29, 0.717) is 18.8 Å². The molecule has 1 aromatic heterocycles. The molecule has 0 bridgehead atoms. The van der Waals surface area contributed by atoms with Gasteiger partial charge in [-0.15, -0.1) is 5.10 Å². The molecule has 0 N–H and O–H groups in total. The number of hydrogen-bond acceptors (Lipinski definition) is 4. The van der Waals surface area contributed by atoms with Gasteiger partial charge in [-0.05, 0) is 30.5 Å². The summed E-state index contributed by atoms with van der Waals surface area (Å²) in [5.41, 5.74) is 2.35. The number of halogens is 1. The van der Waals surface area contributed by atoms with Crippen LogP contribution < -0.4 is 0 Å². The number of amides is 1. The van der Waals surface area contributed by atoms with E-state index in [1.807, 2.05) is 33.8 Å². The summed E-state index contributed by atoms with van der Waals surface area (Å²) >= 11 is 3.45. The normalized spacial score (nSPS) is 20.8. The predicted molar refractivity (Wildman–Crippen MR) is 96.1 cm³/mol. The van der Waals surface area contributed by atoms with Gasteiger partial charge in [0.05, 0.1) is 18.8 Å². The first kappa shape index (κ1) is 16.7. The number of aromatic nitrogens is 3. The molecule has 1 aromatic carbocycles. The number of nitrogens with zero attached hydrogens (tertiary/aromatic N) is 4. The molecule has 3 heterocycles. The van der Waals surface area contributed by atoms with Crippen molar-refractivity contribution in [1.29, 1.82) is 0 Å². The van der Waals surface area contributed by atoms with Crippen LogP contribution in [0.25, 0.3) is 0 Å². The zero-order valence-electron chi connectivity index (χ0n) is 14.0. The Morgan fingerprint density at radius 2 is 1.84 bits per heavy atom. The van der Waals surface area contributed by atoms with E-state index in [0.717, 1.165) is 41.7 Å². The lowest BCUT2D eigenvalue weighted by Gasteiger charge is -2.25. The van der Waals surface area contributed by atoms with Gasteiger partial charge in [-0.2, -0.15) is 0 Å². The SMILES string of the molecule is O=C(c1nnn2c1CO[C@@H](c1ccc(Br)cc1)C2)N1CCCCCC1. The minimum atomic E-state index is -0.0663. The van der Waals surface area contributed by atoms with Crippen LogP contribution in [0.3, 0.4) is 0 Å². The zero-order chi connectivity index (χ0) is 17.2. The van der Waals surface area contributed by atoms with Crippen molar-refractivity contribution in [2.24, 2.45) is 0 Å². The average molecular weight is 405 g/mol. The Kier molecular flexibility index (Phi) is 4.85. The average Bonchev–Trinajstić information content (AvgIpc) is 2.86. The van der Waals surface area contributed by atoms with Gasteiger partial charge in [0.15, 0.2) is 5.69 Å². The first-order valence-electron chi connectivity index (χ1n) is 8.81. The number of rotatable bonds is 2. The number of carbonyl (C=O) groups is 1. The van der Waals surface area contributed by atoms with Gasteiger partial charge in [0, 0.05) is 17.6 Å². The summed E-state index contributed by atoms with van der Waals surface area (Å²) < 4.78 is 8.87. The highest BCUT2D eigenvalue weighted by Gasteiger charge is 2.30. The third-order valence-corrected chi connectivity index (χ3v) is 5.46.